The van der Waals surface area contributed by atoms with E-state index in [1.165, 1.54) is 56.6 Å². The van der Waals surface area contributed by atoms with Crippen LogP contribution >= 0.6 is 0 Å². The number of hydrogen-bond acceptors (Lipinski definition) is 3. The summed E-state index contributed by atoms with van der Waals surface area (Å²) in [5.41, 5.74) is 1.24. The van der Waals surface area contributed by atoms with Crippen molar-refractivity contribution in [2.24, 2.45) is 0 Å². The van der Waals surface area contributed by atoms with E-state index >= 15 is 0 Å². The van der Waals surface area contributed by atoms with Gasteiger partial charge in [0.2, 0.25) is 0 Å². The van der Waals surface area contributed by atoms with Crippen molar-refractivity contribution in [2.45, 2.75) is 51.1 Å². The van der Waals surface area contributed by atoms with Crippen molar-refractivity contribution in [3.8, 4) is 0 Å². The molecule has 0 spiro atoms. The van der Waals surface area contributed by atoms with Gasteiger partial charge in [-0.25, -0.2) is 4.98 Å². The van der Waals surface area contributed by atoms with E-state index in [9.17, 15) is 0 Å². The maximum atomic E-state index is 4.62. The molecule has 2 aliphatic rings. The molecule has 2 fully saturated rings. The van der Waals surface area contributed by atoms with Gasteiger partial charge in [0.25, 0.3) is 0 Å². The molecule has 0 radical (unpaired) electrons. The molecule has 2 saturated heterocycles. The Bertz CT molecular complexity index is 381. The minimum Gasteiger partial charge on any atom is -0.352 e. The maximum Gasteiger partial charge on any atom is 0.128 e. The Morgan fingerprint density at radius 1 is 1.22 bits per heavy atom. The van der Waals surface area contributed by atoms with Gasteiger partial charge in [0.15, 0.2) is 0 Å². The normalized spacial score (nSPS) is 28.6. The number of nitrogens with one attached hydrogen (secondary N) is 1. The molecule has 0 bridgehead atoms. The van der Waals surface area contributed by atoms with Crippen molar-refractivity contribution < 1.29 is 0 Å². The summed E-state index contributed by atoms with van der Waals surface area (Å²) in [4.78, 5) is 7.16. The SMILES string of the molecule is Cc1ccc(N2CCCCC2C2CCCN2)nc1. The molecule has 0 aromatic carbocycles. The van der Waals surface area contributed by atoms with Gasteiger partial charge >= 0.3 is 0 Å². The average Bonchev–Trinajstić information content (AvgIpc) is 2.93. The molecule has 1 aromatic rings. The first-order valence-electron chi connectivity index (χ1n) is 7.27. The van der Waals surface area contributed by atoms with Crippen LogP contribution < -0.4 is 10.2 Å². The van der Waals surface area contributed by atoms with E-state index in [-0.39, 0.29) is 0 Å². The molecule has 2 aliphatic heterocycles. The number of hydrogen-bond donors (Lipinski definition) is 1. The third-order valence-electron chi connectivity index (χ3n) is 4.30. The van der Waals surface area contributed by atoms with Crippen LogP contribution in [0.4, 0.5) is 5.82 Å². The molecule has 1 N–H and O–H groups in total. The van der Waals surface area contributed by atoms with E-state index < -0.39 is 0 Å². The van der Waals surface area contributed by atoms with Crippen molar-refractivity contribution in [2.75, 3.05) is 18.0 Å². The molecule has 0 aliphatic carbocycles. The fourth-order valence-corrected chi connectivity index (χ4v) is 3.33. The summed E-state index contributed by atoms with van der Waals surface area (Å²) < 4.78 is 0. The first kappa shape index (κ1) is 12.0. The summed E-state index contributed by atoms with van der Waals surface area (Å²) in [6.45, 7) is 4.46. The third kappa shape index (κ3) is 2.37. The summed E-state index contributed by atoms with van der Waals surface area (Å²) >= 11 is 0. The highest BCUT2D eigenvalue weighted by Crippen LogP contribution is 2.28. The molecule has 2 atom stereocenters. The number of pyridine rings is 1. The van der Waals surface area contributed by atoms with Gasteiger partial charge in [0.1, 0.15) is 5.82 Å². The topological polar surface area (TPSA) is 28.2 Å². The molecule has 98 valence electrons. The first-order valence-corrected chi connectivity index (χ1v) is 7.27. The lowest BCUT2D eigenvalue weighted by Crippen LogP contribution is -2.50. The number of nitrogens with zero attached hydrogens (tertiary/aromatic N) is 2. The van der Waals surface area contributed by atoms with Gasteiger partial charge in [-0.05, 0) is 57.2 Å². The molecule has 3 nitrogen and oxygen atoms in total. The van der Waals surface area contributed by atoms with Crippen LogP contribution in [0.15, 0.2) is 18.3 Å². The van der Waals surface area contributed by atoms with Gasteiger partial charge in [-0.15, -0.1) is 0 Å². The van der Waals surface area contributed by atoms with E-state index in [1.807, 2.05) is 6.20 Å². The Labute approximate surface area is 110 Å². The standard InChI is InChI=1S/C15H23N3/c1-12-7-8-15(17-11-12)18-10-3-2-6-14(18)13-5-4-9-16-13/h7-8,11,13-14,16H,2-6,9-10H2,1H3. The fourth-order valence-electron chi connectivity index (χ4n) is 3.33. The maximum absolute atomic E-state index is 4.62. The number of rotatable bonds is 2. The zero-order valence-corrected chi connectivity index (χ0v) is 11.2. The minimum atomic E-state index is 0.649. The summed E-state index contributed by atoms with van der Waals surface area (Å²) in [7, 11) is 0. The highest BCUT2D eigenvalue weighted by atomic mass is 15.2. The molecule has 3 heteroatoms. The number of aromatic nitrogens is 1. The van der Waals surface area contributed by atoms with Crippen LogP contribution in [0.2, 0.25) is 0 Å². The van der Waals surface area contributed by atoms with Crippen LogP contribution in [0.25, 0.3) is 0 Å². The molecular formula is C15H23N3. The van der Waals surface area contributed by atoms with Gasteiger partial charge in [-0.2, -0.15) is 0 Å². The molecule has 0 amide bonds. The third-order valence-corrected chi connectivity index (χ3v) is 4.30. The predicted octanol–water partition coefficient (Wildman–Crippen LogP) is 2.50. The van der Waals surface area contributed by atoms with Gasteiger partial charge in [0, 0.05) is 24.8 Å². The van der Waals surface area contributed by atoms with Crippen molar-refractivity contribution in [3.63, 3.8) is 0 Å². The molecule has 2 unspecified atom stereocenters. The van der Waals surface area contributed by atoms with Gasteiger partial charge in [-0.3, -0.25) is 0 Å². The summed E-state index contributed by atoms with van der Waals surface area (Å²) in [6, 6.07) is 5.68. The van der Waals surface area contributed by atoms with Crippen LogP contribution in [0.5, 0.6) is 0 Å². The lowest BCUT2D eigenvalue weighted by molar-refractivity contribution is 0.376. The Balaban J connectivity index is 1.80. The molecule has 3 heterocycles. The van der Waals surface area contributed by atoms with Crippen LogP contribution in [0, 0.1) is 6.92 Å². The van der Waals surface area contributed by atoms with Gasteiger partial charge in [0.05, 0.1) is 0 Å². The second kappa shape index (κ2) is 5.27. The number of piperidine rings is 1. The second-order valence-corrected chi connectivity index (χ2v) is 5.65. The quantitative estimate of drug-likeness (QED) is 0.867. The van der Waals surface area contributed by atoms with Crippen molar-refractivity contribution in [1.29, 1.82) is 0 Å². The van der Waals surface area contributed by atoms with Crippen molar-refractivity contribution in [3.05, 3.63) is 23.9 Å². The zero-order chi connectivity index (χ0) is 12.4. The lowest BCUT2D eigenvalue weighted by atomic mass is 9.94. The van der Waals surface area contributed by atoms with Crippen LogP contribution in [0.3, 0.4) is 0 Å². The predicted molar refractivity (Wildman–Crippen MR) is 75.0 cm³/mol. The Hall–Kier alpha value is -1.09. The fraction of sp³-hybridized carbons (Fsp3) is 0.667. The largest absolute Gasteiger partial charge is 0.352 e. The van der Waals surface area contributed by atoms with Crippen LogP contribution in [-0.2, 0) is 0 Å². The summed E-state index contributed by atoms with van der Waals surface area (Å²) in [5.74, 6) is 1.17. The van der Waals surface area contributed by atoms with E-state index in [0.29, 0.717) is 12.1 Å². The van der Waals surface area contributed by atoms with E-state index in [1.54, 1.807) is 0 Å². The zero-order valence-electron chi connectivity index (χ0n) is 11.2. The smallest absolute Gasteiger partial charge is 0.128 e. The van der Waals surface area contributed by atoms with Crippen molar-refractivity contribution >= 4 is 5.82 Å². The minimum absolute atomic E-state index is 0.649. The highest BCUT2D eigenvalue weighted by Gasteiger charge is 2.32. The van der Waals surface area contributed by atoms with Gasteiger partial charge < -0.3 is 10.2 Å². The molecule has 18 heavy (non-hydrogen) atoms. The van der Waals surface area contributed by atoms with Crippen molar-refractivity contribution in [1.82, 2.24) is 10.3 Å². The summed E-state index contributed by atoms with van der Waals surface area (Å²) in [6.07, 6.45) is 8.63. The van der Waals surface area contributed by atoms with E-state index in [0.717, 1.165) is 0 Å². The summed E-state index contributed by atoms with van der Waals surface area (Å²) in [5, 5.41) is 3.67. The Morgan fingerprint density at radius 2 is 2.17 bits per heavy atom. The molecule has 1 aromatic heterocycles. The monoisotopic (exact) mass is 245 g/mol. The van der Waals surface area contributed by atoms with Gasteiger partial charge in [-0.1, -0.05) is 6.07 Å². The Kier molecular flexibility index (Phi) is 3.50. The van der Waals surface area contributed by atoms with E-state index in [2.05, 4.69) is 34.3 Å². The second-order valence-electron chi connectivity index (χ2n) is 5.65. The Morgan fingerprint density at radius 3 is 2.89 bits per heavy atom. The highest BCUT2D eigenvalue weighted by molar-refractivity contribution is 5.41. The number of aryl methyl sites for hydroxylation is 1. The molecular weight excluding hydrogens is 222 g/mol. The molecule has 0 saturated carbocycles. The first-order chi connectivity index (χ1) is 8.84. The lowest BCUT2D eigenvalue weighted by Gasteiger charge is -2.40. The van der Waals surface area contributed by atoms with Crippen LogP contribution in [0.1, 0.15) is 37.7 Å². The number of anilines is 1. The van der Waals surface area contributed by atoms with Crippen LogP contribution in [-0.4, -0.2) is 30.2 Å². The molecule has 3 rings (SSSR count). The average molecular weight is 245 g/mol. The van der Waals surface area contributed by atoms with E-state index in [4.69, 9.17) is 0 Å².